The third-order valence-electron chi connectivity index (χ3n) is 6.21. The van der Waals surface area contributed by atoms with Crippen molar-refractivity contribution in [1.82, 2.24) is 4.98 Å². The molecule has 9 heteroatoms. The number of methoxy groups -OCH3 is 1. The average Bonchev–Trinajstić information content (AvgIpc) is 3.58. The molecule has 35 heavy (non-hydrogen) atoms. The van der Waals surface area contributed by atoms with Crippen LogP contribution in [0.4, 0.5) is 0 Å². The molecule has 178 valence electrons. The Labute approximate surface area is 200 Å². The van der Waals surface area contributed by atoms with Crippen LogP contribution in [0.25, 0.3) is 22.0 Å². The fourth-order valence-corrected chi connectivity index (χ4v) is 4.49. The number of nitrogens with zero attached hydrogens (tertiary/aromatic N) is 2. The van der Waals surface area contributed by atoms with E-state index >= 15 is 0 Å². The summed E-state index contributed by atoms with van der Waals surface area (Å²) in [7, 11) is 1.62. The summed E-state index contributed by atoms with van der Waals surface area (Å²) in [6, 6.07) is 10.3. The Morgan fingerprint density at radius 1 is 1.14 bits per heavy atom. The van der Waals surface area contributed by atoms with Gasteiger partial charge in [-0.15, -0.1) is 0 Å². The molecule has 0 N–H and O–H groups in total. The second-order valence-electron chi connectivity index (χ2n) is 8.28. The lowest BCUT2D eigenvalue weighted by Gasteiger charge is -2.18. The van der Waals surface area contributed by atoms with E-state index in [0.717, 1.165) is 46.5 Å². The number of oxazole rings is 1. The number of ether oxygens (including phenoxy) is 5. The molecule has 0 radical (unpaired) electrons. The van der Waals surface area contributed by atoms with E-state index in [2.05, 4.69) is 33.9 Å². The summed E-state index contributed by atoms with van der Waals surface area (Å²) in [5.41, 5.74) is 3.66. The molecule has 6 rings (SSSR count). The fourth-order valence-electron chi connectivity index (χ4n) is 4.49. The van der Waals surface area contributed by atoms with Gasteiger partial charge in [-0.25, -0.2) is 9.78 Å². The van der Waals surface area contributed by atoms with Crippen molar-refractivity contribution in [1.29, 1.82) is 0 Å². The molecular formula is C26H23N2O7+. The Kier molecular flexibility index (Phi) is 5.36. The zero-order valence-corrected chi connectivity index (χ0v) is 19.1. The maximum atomic E-state index is 11.9. The quantitative estimate of drug-likeness (QED) is 0.227. The van der Waals surface area contributed by atoms with E-state index in [1.165, 1.54) is 18.2 Å². The zero-order chi connectivity index (χ0) is 23.8. The molecule has 0 bridgehead atoms. The minimum absolute atomic E-state index is 0.147. The van der Waals surface area contributed by atoms with E-state index in [1.54, 1.807) is 7.11 Å². The minimum atomic E-state index is -0.521. The maximum absolute atomic E-state index is 11.9. The standard InChI is InChI=1S/C26H23N2O7/c1-30-22-4-3-16-9-21-18-11-24-23(34-15-35-24)10-17(18)5-6-28(21)12-19(16)25(22)32-7-2-8-33-26(29)20-13-31-14-27-20/h3-4,9-14H,2,5-8,15H2,1H3/q+1. The summed E-state index contributed by atoms with van der Waals surface area (Å²) >= 11 is 0. The molecule has 0 spiro atoms. The second-order valence-corrected chi connectivity index (χ2v) is 8.28. The first-order chi connectivity index (χ1) is 17.2. The van der Waals surface area contributed by atoms with Crippen LogP contribution in [0.2, 0.25) is 0 Å². The van der Waals surface area contributed by atoms with Crippen molar-refractivity contribution in [2.75, 3.05) is 27.1 Å². The Hall–Kier alpha value is -4.27. The first-order valence-electron chi connectivity index (χ1n) is 11.4. The van der Waals surface area contributed by atoms with E-state index in [4.69, 9.17) is 28.1 Å². The predicted octanol–water partition coefficient (Wildman–Crippen LogP) is 3.70. The number of fused-ring (bicyclic) bond motifs is 5. The molecule has 0 saturated carbocycles. The van der Waals surface area contributed by atoms with Crippen LogP contribution in [0, 0.1) is 0 Å². The summed E-state index contributed by atoms with van der Waals surface area (Å²) in [6.45, 7) is 1.66. The van der Waals surface area contributed by atoms with Crippen molar-refractivity contribution in [3.63, 3.8) is 0 Å². The van der Waals surface area contributed by atoms with Gasteiger partial charge in [-0.3, -0.25) is 0 Å². The number of aromatic nitrogens is 2. The second kappa shape index (κ2) is 8.83. The van der Waals surface area contributed by atoms with Crippen LogP contribution < -0.4 is 23.5 Å². The molecule has 0 saturated heterocycles. The molecule has 0 fully saturated rings. The van der Waals surface area contributed by atoms with Gasteiger partial charge < -0.3 is 28.1 Å². The van der Waals surface area contributed by atoms with Gasteiger partial charge in [0.2, 0.25) is 12.5 Å². The van der Waals surface area contributed by atoms with Gasteiger partial charge in [-0.2, -0.15) is 4.57 Å². The number of benzene rings is 2. The summed E-state index contributed by atoms with van der Waals surface area (Å²) < 4.78 is 35.1. The number of esters is 1. The molecule has 2 aromatic carbocycles. The van der Waals surface area contributed by atoms with Gasteiger partial charge in [-0.1, -0.05) is 0 Å². The summed E-state index contributed by atoms with van der Waals surface area (Å²) in [5, 5.41) is 1.99. The van der Waals surface area contributed by atoms with Crippen molar-refractivity contribution < 1.29 is 37.5 Å². The van der Waals surface area contributed by atoms with E-state index < -0.39 is 5.97 Å². The Morgan fingerprint density at radius 3 is 2.86 bits per heavy atom. The van der Waals surface area contributed by atoms with Crippen LogP contribution >= 0.6 is 0 Å². The lowest BCUT2D eigenvalue weighted by Crippen LogP contribution is -2.40. The lowest BCUT2D eigenvalue weighted by molar-refractivity contribution is -0.686. The molecule has 2 aliphatic rings. The highest BCUT2D eigenvalue weighted by Gasteiger charge is 2.28. The molecule has 9 nitrogen and oxygen atoms in total. The number of pyridine rings is 1. The Morgan fingerprint density at radius 2 is 2.03 bits per heavy atom. The molecule has 0 aliphatic carbocycles. The maximum Gasteiger partial charge on any atom is 0.360 e. The van der Waals surface area contributed by atoms with E-state index in [9.17, 15) is 4.79 Å². The molecule has 0 atom stereocenters. The van der Waals surface area contributed by atoms with Gasteiger partial charge in [0.25, 0.3) is 0 Å². The van der Waals surface area contributed by atoms with Crippen LogP contribution in [-0.2, 0) is 17.7 Å². The summed E-state index contributed by atoms with van der Waals surface area (Å²) in [6.07, 6.45) is 5.97. The van der Waals surface area contributed by atoms with Crippen LogP contribution in [0.1, 0.15) is 22.5 Å². The molecular weight excluding hydrogens is 452 g/mol. The predicted molar refractivity (Wildman–Crippen MR) is 123 cm³/mol. The third kappa shape index (κ3) is 3.88. The fraction of sp³-hybridized carbons (Fsp3) is 0.269. The number of aryl methyl sites for hydroxylation is 2. The van der Waals surface area contributed by atoms with Gasteiger partial charge in [0.05, 0.1) is 31.3 Å². The molecule has 4 aromatic rings. The van der Waals surface area contributed by atoms with Crippen molar-refractivity contribution in [3.05, 3.63) is 60.4 Å². The minimum Gasteiger partial charge on any atom is -0.493 e. The van der Waals surface area contributed by atoms with Gasteiger partial charge in [-0.05, 0) is 35.2 Å². The van der Waals surface area contributed by atoms with E-state index in [0.29, 0.717) is 24.5 Å². The number of hydrogen-bond donors (Lipinski definition) is 0. The SMILES string of the molecule is COc1ccc2cc3[n+](cc2c1OCCCOC(=O)c1cocn1)CCc1cc2c(cc1-3)OCO2. The normalized spacial score (nSPS) is 13.3. The monoisotopic (exact) mass is 475 g/mol. The molecule has 2 aromatic heterocycles. The number of carbonyl (C=O) groups excluding carboxylic acids is 1. The van der Waals surface area contributed by atoms with Crippen LogP contribution in [0.5, 0.6) is 23.0 Å². The smallest absolute Gasteiger partial charge is 0.360 e. The van der Waals surface area contributed by atoms with Crippen molar-refractivity contribution in [2.24, 2.45) is 0 Å². The lowest BCUT2D eigenvalue weighted by atomic mass is 9.95. The van der Waals surface area contributed by atoms with Crippen LogP contribution in [0.3, 0.4) is 0 Å². The van der Waals surface area contributed by atoms with Crippen LogP contribution in [0.15, 0.2) is 53.6 Å². The highest BCUT2D eigenvalue weighted by molar-refractivity contribution is 5.91. The molecule has 4 heterocycles. The molecule has 2 aliphatic heterocycles. The van der Waals surface area contributed by atoms with Gasteiger partial charge in [0.15, 0.2) is 47.8 Å². The number of hydrogen-bond acceptors (Lipinski definition) is 8. The first-order valence-corrected chi connectivity index (χ1v) is 11.4. The third-order valence-corrected chi connectivity index (χ3v) is 6.21. The number of rotatable bonds is 7. The average molecular weight is 475 g/mol. The van der Waals surface area contributed by atoms with E-state index in [1.807, 2.05) is 12.1 Å². The van der Waals surface area contributed by atoms with Crippen molar-refractivity contribution in [2.45, 2.75) is 19.4 Å². The van der Waals surface area contributed by atoms with Crippen molar-refractivity contribution >= 4 is 16.7 Å². The molecule has 0 unspecified atom stereocenters. The van der Waals surface area contributed by atoms with Crippen molar-refractivity contribution in [3.8, 4) is 34.3 Å². The highest BCUT2D eigenvalue weighted by Crippen LogP contribution is 2.41. The summed E-state index contributed by atoms with van der Waals surface area (Å²) in [4.78, 5) is 15.7. The molecule has 0 amide bonds. The summed E-state index contributed by atoms with van der Waals surface area (Å²) in [5.74, 6) is 2.38. The Bertz CT molecular complexity index is 1420. The van der Waals surface area contributed by atoms with Gasteiger partial charge in [0.1, 0.15) is 6.26 Å². The first kappa shape index (κ1) is 21.3. The Balaban J connectivity index is 1.24. The topological polar surface area (TPSA) is 93.1 Å². The van der Waals surface area contributed by atoms with Crippen LogP contribution in [-0.4, -0.2) is 38.1 Å². The van der Waals surface area contributed by atoms with E-state index in [-0.39, 0.29) is 19.1 Å². The highest BCUT2D eigenvalue weighted by atomic mass is 16.7. The number of carbonyl (C=O) groups is 1. The van der Waals surface area contributed by atoms with Gasteiger partial charge >= 0.3 is 5.97 Å². The zero-order valence-electron chi connectivity index (χ0n) is 19.1. The largest absolute Gasteiger partial charge is 0.493 e. The van der Waals surface area contributed by atoms with Gasteiger partial charge in [0, 0.05) is 18.9 Å².